The summed E-state index contributed by atoms with van der Waals surface area (Å²) in [5, 5.41) is 0. The molecule has 1 amide bonds. The van der Waals surface area contributed by atoms with Crippen molar-refractivity contribution in [3.63, 3.8) is 0 Å². The molecule has 5 nitrogen and oxygen atoms in total. The van der Waals surface area contributed by atoms with E-state index >= 15 is 0 Å². The van der Waals surface area contributed by atoms with Gasteiger partial charge in [0, 0.05) is 12.8 Å². The van der Waals surface area contributed by atoms with Crippen LogP contribution in [0.15, 0.2) is 58.4 Å². The van der Waals surface area contributed by atoms with Gasteiger partial charge in [0.05, 0.1) is 21.5 Å². The van der Waals surface area contributed by atoms with Gasteiger partial charge in [-0.05, 0) is 30.2 Å². The van der Waals surface area contributed by atoms with E-state index in [9.17, 15) is 13.2 Å². The molecule has 3 rings (SSSR count). The van der Waals surface area contributed by atoms with Crippen LogP contribution >= 0.6 is 11.3 Å². The van der Waals surface area contributed by atoms with E-state index in [4.69, 9.17) is 0 Å². The summed E-state index contributed by atoms with van der Waals surface area (Å²) in [4.78, 5) is 17.5. The lowest BCUT2D eigenvalue weighted by atomic mass is 10.1. The highest BCUT2D eigenvalue weighted by Gasteiger charge is 2.12. The molecule has 0 bridgehead atoms. The summed E-state index contributed by atoms with van der Waals surface area (Å²) in [5.41, 5.74) is 1.82. The standard InChI is InChI=1S/C19H20N2O3S2/c1-3-11-21-16-10-9-15(26(2,23)24)13-17(16)25-19(21)20-18(22)12-14-7-5-4-6-8-14/h4-10,13H,3,11-12H2,1-2H3. The summed E-state index contributed by atoms with van der Waals surface area (Å²) in [6.45, 7) is 2.77. The first-order valence-electron chi connectivity index (χ1n) is 8.33. The summed E-state index contributed by atoms with van der Waals surface area (Å²) in [6.07, 6.45) is 2.33. The zero-order chi connectivity index (χ0) is 18.7. The third-order valence-electron chi connectivity index (χ3n) is 3.95. The molecule has 1 heterocycles. The van der Waals surface area contributed by atoms with E-state index in [-0.39, 0.29) is 17.2 Å². The first kappa shape index (κ1) is 18.5. The van der Waals surface area contributed by atoms with Crippen molar-refractivity contribution in [3.8, 4) is 0 Å². The van der Waals surface area contributed by atoms with Crippen LogP contribution in [0.5, 0.6) is 0 Å². The molecular formula is C19H20N2O3S2. The van der Waals surface area contributed by atoms with Crippen LogP contribution in [0.25, 0.3) is 10.2 Å². The minimum atomic E-state index is -3.27. The maximum absolute atomic E-state index is 12.4. The largest absolute Gasteiger partial charge is 0.316 e. The number of sulfone groups is 1. The lowest BCUT2D eigenvalue weighted by molar-refractivity contribution is -0.117. The molecule has 0 radical (unpaired) electrons. The maximum atomic E-state index is 12.4. The number of carbonyl (C=O) groups is 1. The van der Waals surface area contributed by atoms with Gasteiger partial charge in [-0.3, -0.25) is 4.79 Å². The monoisotopic (exact) mass is 388 g/mol. The smallest absolute Gasteiger partial charge is 0.252 e. The molecule has 26 heavy (non-hydrogen) atoms. The second-order valence-electron chi connectivity index (χ2n) is 6.11. The first-order valence-corrected chi connectivity index (χ1v) is 11.0. The Hall–Kier alpha value is -2.25. The number of fused-ring (bicyclic) bond motifs is 1. The highest BCUT2D eigenvalue weighted by atomic mass is 32.2. The number of hydrogen-bond donors (Lipinski definition) is 0. The van der Waals surface area contributed by atoms with E-state index in [1.807, 2.05) is 34.9 Å². The second kappa shape index (κ2) is 7.55. The van der Waals surface area contributed by atoms with Crippen LogP contribution < -0.4 is 4.80 Å². The molecule has 0 saturated heterocycles. The van der Waals surface area contributed by atoms with Crippen LogP contribution in [0.2, 0.25) is 0 Å². The normalized spacial score (nSPS) is 12.6. The summed E-state index contributed by atoms with van der Waals surface area (Å²) in [6, 6.07) is 14.5. The van der Waals surface area contributed by atoms with Gasteiger partial charge >= 0.3 is 0 Å². The predicted octanol–water partition coefficient (Wildman–Crippen LogP) is 3.19. The third kappa shape index (κ3) is 4.11. The molecule has 7 heteroatoms. The minimum Gasteiger partial charge on any atom is -0.316 e. The first-order chi connectivity index (χ1) is 12.4. The molecule has 0 N–H and O–H groups in total. The van der Waals surface area contributed by atoms with E-state index < -0.39 is 9.84 Å². The quantitative estimate of drug-likeness (QED) is 0.674. The van der Waals surface area contributed by atoms with E-state index in [1.165, 1.54) is 17.6 Å². The van der Waals surface area contributed by atoms with Gasteiger partial charge in [0.2, 0.25) is 0 Å². The Morgan fingerprint density at radius 2 is 1.88 bits per heavy atom. The molecule has 0 aliphatic rings. The topological polar surface area (TPSA) is 68.5 Å². The molecule has 0 fully saturated rings. The van der Waals surface area contributed by atoms with E-state index in [0.717, 1.165) is 28.7 Å². The molecule has 3 aromatic rings. The Bertz CT molecular complexity index is 1110. The van der Waals surface area contributed by atoms with Crippen LogP contribution in [0.3, 0.4) is 0 Å². The lowest BCUT2D eigenvalue weighted by Crippen LogP contribution is -2.17. The van der Waals surface area contributed by atoms with Crippen molar-refractivity contribution in [3.05, 3.63) is 58.9 Å². The zero-order valence-corrected chi connectivity index (χ0v) is 16.3. The van der Waals surface area contributed by atoms with Gasteiger partial charge in [-0.25, -0.2) is 8.42 Å². The summed E-state index contributed by atoms with van der Waals surface area (Å²) in [7, 11) is -3.27. The van der Waals surface area contributed by atoms with Gasteiger partial charge in [-0.15, -0.1) is 0 Å². The summed E-state index contributed by atoms with van der Waals surface area (Å²) >= 11 is 1.34. The van der Waals surface area contributed by atoms with E-state index in [2.05, 4.69) is 11.9 Å². The van der Waals surface area contributed by atoms with Gasteiger partial charge in [0.15, 0.2) is 14.6 Å². The van der Waals surface area contributed by atoms with Crippen molar-refractivity contribution in [2.45, 2.75) is 31.2 Å². The van der Waals surface area contributed by atoms with Crippen molar-refractivity contribution in [1.82, 2.24) is 4.57 Å². The van der Waals surface area contributed by atoms with Gasteiger partial charge in [-0.2, -0.15) is 4.99 Å². The van der Waals surface area contributed by atoms with E-state index in [1.54, 1.807) is 18.2 Å². The number of aryl methyl sites for hydroxylation is 1. The lowest BCUT2D eigenvalue weighted by Gasteiger charge is -2.03. The molecular weight excluding hydrogens is 368 g/mol. The average molecular weight is 389 g/mol. The number of rotatable bonds is 5. The highest BCUT2D eigenvalue weighted by Crippen LogP contribution is 2.22. The number of thiazole rings is 1. The van der Waals surface area contributed by atoms with Crippen molar-refractivity contribution in [2.24, 2.45) is 4.99 Å². The molecule has 0 saturated carbocycles. The van der Waals surface area contributed by atoms with E-state index in [0.29, 0.717) is 4.80 Å². The van der Waals surface area contributed by atoms with Gasteiger partial charge in [-0.1, -0.05) is 48.6 Å². The molecule has 2 aromatic carbocycles. The Morgan fingerprint density at radius 3 is 2.54 bits per heavy atom. The molecule has 0 spiro atoms. The molecule has 0 aliphatic heterocycles. The van der Waals surface area contributed by atoms with Crippen LogP contribution in [0.1, 0.15) is 18.9 Å². The summed E-state index contributed by atoms with van der Waals surface area (Å²) in [5.74, 6) is -0.212. The molecule has 1 aromatic heterocycles. The number of carbonyl (C=O) groups excluding carboxylic acids is 1. The number of hydrogen-bond acceptors (Lipinski definition) is 4. The summed E-state index contributed by atoms with van der Waals surface area (Å²) < 4.78 is 26.4. The average Bonchev–Trinajstić information content (AvgIpc) is 2.92. The number of benzene rings is 2. The molecule has 0 aliphatic carbocycles. The minimum absolute atomic E-state index is 0.212. The van der Waals surface area contributed by atoms with Crippen molar-refractivity contribution < 1.29 is 13.2 Å². The number of nitrogens with zero attached hydrogens (tertiary/aromatic N) is 2. The second-order valence-corrected chi connectivity index (χ2v) is 9.13. The fourth-order valence-corrected chi connectivity index (χ4v) is 4.56. The fourth-order valence-electron chi connectivity index (χ4n) is 2.73. The fraction of sp³-hybridized carbons (Fsp3) is 0.263. The van der Waals surface area contributed by atoms with Gasteiger partial charge in [0.1, 0.15) is 0 Å². The number of amides is 1. The SMILES string of the molecule is CCCn1c(=NC(=O)Cc2ccccc2)sc2cc(S(C)(=O)=O)ccc21. The predicted molar refractivity (Wildman–Crippen MR) is 104 cm³/mol. The van der Waals surface area contributed by atoms with Crippen molar-refractivity contribution >= 4 is 37.3 Å². The highest BCUT2D eigenvalue weighted by molar-refractivity contribution is 7.90. The maximum Gasteiger partial charge on any atom is 0.252 e. The van der Waals surface area contributed by atoms with Crippen LogP contribution in [-0.4, -0.2) is 25.1 Å². The Labute approximate surface area is 156 Å². The van der Waals surface area contributed by atoms with Crippen LogP contribution in [0, 0.1) is 0 Å². The number of aromatic nitrogens is 1. The Kier molecular flexibility index (Phi) is 5.38. The van der Waals surface area contributed by atoms with Gasteiger partial charge < -0.3 is 4.57 Å². The van der Waals surface area contributed by atoms with Crippen LogP contribution in [-0.2, 0) is 27.6 Å². The third-order valence-corrected chi connectivity index (χ3v) is 6.10. The van der Waals surface area contributed by atoms with Gasteiger partial charge in [0.25, 0.3) is 5.91 Å². The van der Waals surface area contributed by atoms with Crippen LogP contribution in [0.4, 0.5) is 0 Å². The zero-order valence-electron chi connectivity index (χ0n) is 14.7. The van der Waals surface area contributed by atoms with Crippen molar-refractivity contribution in [2.75, 3.05) is 6.26 Å². The Balaban J connectivity index is 2.06. The Morgan fingerprint density at radius 1 is 1.15 bits per heavy atom. The van der Waals surface area contributed by atoms with Crippen molar-refractivity contribution in [1.29, 1.82) is 0 Å². The molecule has 136 valence electrons. The molecule has 0 unspecified atom stereocenters. The molecule has 0 atom stereocenters.